The second-order valence-electron chi connectivity index (χ2n) is 9.28. The van der Waals surface area contributed by atoms with Crippen LogP contribution in [0, 0.1) is 11.7 Å². The molecule has 1 heterocycles. The van der Waals surface area contributed by atoms with E-state index in [1.165, 1.54) is 18.6 Å². The van der Waals surface area contributed by atoms with Gasteiger partial charge in [-0.05, 0) is 66.8 Å². The molecule has 188 valence electrons. The molecule has 9 heteroatoms. The zero-order valence-corrected chi connectivity index (χ0v) is 21.7. The largest absolute Gasteiger partial charge is 0.478 e. The number of fused-ring (bicyclic) bond motifs is 1. The van der Waals surface area contributed by atoms with Crippen molar-refractivity contribution in [2.24, 2.45) is 5.92 Å². The lowest BCUT2D eigenvalue weighted by molar-refractivity contribution is 0.0692. The van der Waals surface area contributed by atoms with Gasteiger partial charge in [-0.25, -0.2) is 18.1 Å². The molecule has 5 rings (SSSR count). The van der Waals surface area contributed by atoms with Crippen LogP contribution in [-0.4, -0.2) is 27.9 Å². The van der Waals surface area contributed by atoms with E-state index < -0.39 is 28.3 Å². The van der Waals surface area contributed by atoms with Crippen LogP contribution < -0.4 is 9.62 Å². The Morgan fingerprint density at radius 2 is 1.83 bits per heavy atom. The smallest absolute Gasteiger partial charge is 0.338 e. The van der Waals surface area contributed by atoms with Crippen LogP contribution in [0.3, 0.4) is 0 Å². The highest BCUT2D eigenvalue weighted by Gasteiger charge is 2.33. The Labute approximate surface area is 221 Å². The lowest BCUT2D eigenvalue weighted by Crippen LogP contribution is -2.43. The maximum absolute atomic E-state index is 14.0. The quantitative estimate of drug-likeness (QED) is 0.362. The molecule has 0 saturated heterocycles. The summed E-state index contributed by atoms with van der Waals surface area (Å²) in [6.07, 6.45) is 5.69. The fourth-order valence-electron chi connectivity index (χ4n) is 5.18. The molecule has 1 aliphatic carbocycles. The number of halogens is 3. The van der Waals surface area contributed by atoms with Crippen molar-refractivity contribution >= 4 is 51.5 Å². The summed E-state index contributed by atoms with van der Waals surface area (Å²) in [5.41, 5.74) is 2.02. The lowest BCUT2D eigenvalue weighted by Gasteiger charge is -2.33. The maximum Gasteiger partial charge on any atom is 0.338 e. The van der Waals surface area contributed by atoms with Crippen molar-refractivity contribution in [1.29, 1.82) is 0 Å². The molecule has 0 amide bonds. The average Bonchev–Trinajstić information content (AvgIpc) is 3.00. The highest BCUT2D eigenvalue weighted by Crippen LogP contribution is 2.42. The lowest BCUT2D eigenvalue weighted by atomic mass is 9.84. The van der Waals surface area contributed by atoms with Gasteiger partial charge in [-0.3, -0.25) is 0 Å². The predicted octanol–water partition coefficient (Wildman–Crippen LogP) is 7.21. The molecule has 5 nitrogen and oxygen atoms in total. The molecule has 2 N–H and O–H groups in total. The molecule has 1 unspecified atom stereocenters. The van der Waals surface area contributed by atoms with Crippen molar-refractivity contribution < 1.29 is 18.5 Å². The molecular weight excluding hydrogens is 522 g/mol. The summed E-state index contributed by atoms with van der Waals surface area (Å²) < 4.78 is 31.1. The number of hydrogen-bond donors (Lipinski definition) is 2. The van der Waals surface area contributed by atoms with Gasteiger partial charge in [0, 0.05) is 28.9 Å². The number of nitrogens with zero attached hydrogens (tertiary/aromatic N) is 1. The van der Waals surface area contributed by atoms with Crippen LogP contribution in [0.4, 0.5) is 15.8 Å². The summed E-state index contributed by atoms with van der Waals surface area (Å²) in [4.78, 5) is 14.1. The number of nitrogens with one attached hydrogen (secondary N) is 1. The molecular formula is C27H25Cl2FN2O3S. The number of carboxylic acid groups (broad SMARTS) is 1. The van der Waals surface area contributed by atoms with E-state index in [1.807, 2.05) is 24.3 Å². The van der Waals surface area contributed by atoms with Gasteiger partial charge in [0.2, 0.25) is 0 Å². The van der Waals surface area contributed by atoms with Gasteiger partial charge in [0.1, 0.15) is 16.8 Å². The molecule has 1 aliphatic heterocycles. The Morgan fingerprint density at radius 1 is 1.06 bits per heavy atom. The summed E-state index contributed by atoms with van der Waals surface area (Å²) in [7, 11) is -1.55. The predicted molar refractivity (Wildman–Crippen MR) is 142 cm³/mol. The van der Waals surface area contributed by atoms with Crippen molar-refractivity contribution in [3.05, 3.63) is 76.0 Å². The Hall–Kier alpha value is -2.45. The van der Waals surface area contributed by atoms with E-state index >= 15 is 0 Å². The van der Waals surface area contributed by atoms with Crippen LogP contribution in [-0.2, 0) is 11.0 Å². The molecule has 0 aromatic heterocycles. The highest BCUT2D eigenvalue weighted by molar-refractivity contribution is 7.83. The van der Waals surface area contributed by atoms with Crippen molar-refractivity contribution in [3.63, 3.8) is 0 Å². The van der Waals surface area contributed by atoms with Crippen LogP contribution in [0.15, 0.2) is 59.5 Å². The minimum absolute atomic E-state index is 0.0100. The summed E-state index contributed by atoms with van der Waals surface area (Å²) in [5, 5.41) is 10.3. The zero-order valence-electron chi connectivity index (χ0n) is 19.3. The van der Waals surface area contributed by atoms with Crippen molar-refractivity contribution in [3.8, 4) is 11.1 Å². The fraction of sp³-hybridized carbons (Fsp3) is 0.296. The average molecular weight is 547 g/mol. The summed E-state index contributed by atoms with van der Waals surface area (Å²) >= 11 is 13.1. The minimum atomic E-state index is -1.55. The molecule has 2 atom stereocenters. The number of benzene rings is 3. The van der Waals surface area contributed by atoms with Crippen LogP contribution in [0.2, 0.25) is 10.0 Å². The van der Waals surface area contributed by atoms with Crippen molar-refractivity contribution in [2.75, 3.05) is 11.4 Å². The highest BCUT2D eigenvalue weighted by atomic mass is 35.5. The van der Waals surface area contributed by atoms with Gasteiger partial charge in [0.15, 0.2) is 0 Å². The molecule has 36 heavy (non-hydrogen) atoms. The maximum atomic E-state index is 14.0. The van der Waals surface area contributed by atoms with Crippen LogP contribution in [0.5, 0.6) is 0 Å². The van der Waals surface area contributed by atoms with Gasteiger partial charge in [0.25, 0.3) is 0 Å². The molecule has 0 radical (unpaired) electrons. The van der Waals surface area contributed by atoms with E-state index in [4.69, 9.17) is 23.2 Å². The van der Waals surface area contributed by atoms with E-state index in [1.54, 1.807) is 12.1 Å². The molecule has 3 aromatic carbocycles. The number of aromatic carboxylic acids is 1. The van der Waals surface area contributed by atoms with Gasteiger partial charge in [-0.1, -0.05) is 54.6 Å². The van der Waals surface area contributed by atoms with E-state index in [0.29, 0.717) is 44.2 Å². The normalized spacial score (nSPS) is 20.6. The SMILES string of the molecule is O=C(O)c1cc(-c2cc3c(cc2Cl)N(c2cccc(Cl)c2)C[C@@H](C2CCCCC2)NS3=O)ccc1F. The number of anilines is 2. The Balaban J connectivity index is 1.64. The summed E-state index contributed by atoms with van der Waals surface area (Å²) in [6.45, 7) is 0.596. The van der Waals surface area contributed by atoms with Crippen LogP contribution >= 0.6 is 23.2 Å². The van der Waals surface area contributed by atoms with Crippen molar-refractivity contribution in [1.82, 2.24) is 4.72 Å². The Kier molecular flexibility index (Phi) is 7.35. The van der Waals surface area contributed by atoms with E-state index in [-0.39, 0.29) is 6.04 Å². The number of hydrogen-bond acceptors (Lipinski definition) is 3. The standard InChI is InChI=1S/C27H25Cl2FN2O3S/c28-18-7-4-8-19(12-18)32-15-24(16-5-2-1-3-6-16)31-36(35)26-13-20(22(29)14-25(26)32)17-9-10-23(30)21(11-17)27(33)34/h4,7-14,16,24,31H,1-3,5-6,15H2,(H,33,34)/t24-,36?/m0/s1. The third-order valence-electron chi connectivity index (χ3n) is 7.02. The number of carboxylic acids is 1. The second-order valence-corrected chi connectivity index (χ2v) is 11.3. The first-order valence-electron chi connectivity index (χ1n) is 11.9. The van der Waals surface area contributed by atoms with Crippen LogP contribution in [0.25, 0.3) is 11.1 Å². The molecule has 1 fully saturated rings. The second kappa shape index (κ2) is 10.5. The van der Waals surface area contributed by atoms with Gasteiger partial charge < -0.3 is 10.0 Å². The molecule has 0 spiro atoms. The van der Waals surface area contributed by atoms with Gasteiger partial charge in [-0.15, -0.1) is 0 Å². The Morgan fingerprint density at radius 3 is 2.56 bits per heavy atom. The van der Waals surface area contributed by atoms with Crippen molar-refractivity contribution in [2.45, 2.75) is 43.0 Å². The molecule has 3 aromatic rings. The van der Waals surface area contributed by atoms with E-state index in [9.17, 15) is 18.5 Å². The molecule has 0 bridgehead atoms. The first kappa shape index (κ1) is 25.2. The number of carbonyl (C=O) groups is 1. The first-order valence-corrected chi connectivity index (χ1v) is 13.8. The van der Waals surface area contributed by atoms with Gasteiger partial charge in [-0.2, -0.15) is 0 Å². The number of rotatable bonds is 4. The van der Waals surface area contributed by atoms with Gasteiger partial charge in [0.05, 0.1) is 21.2 Å². The Bertz CT molecular complexity index is 1350. The third-order valence-corrected chi connectivity index (χ3v) is 8.81. The minimum Gasteiger partial charge on any atom is -0.478 e. The summed E-state index contributed by atoms with van der Waals surface area (Å²) in [5.74, 6) is -1.80. The topological polar surface area (TPSA) is 69.6 Å². The molecule has 1 saturated carbocycles. The van der Waals surface area contributed by atoms with E-state index in [2.05, 4.69) is 9.62 Å². The monoisotopic (exact) mass is 546 g/mol. The third kappa shape index (κ3) is 5.02. The fourth-order valence-corrected chi connectivity index (χ4v) is 6.89. The zero-order chi connectivity index (χ0) is 25.4. The first-order chi connectivity index (χ1) is 17.3. The van der Waals surface area contributed by atoms with Gasteiger partial charge >= 0.3 is 5.97 Å². The molecule has 2 aliphatic rings. The summed E-state index contributed by atoms with van der Waals surface area (Å²) in [6, 6.07) is 14.8. The van der Waals surface area contributed by atoms with Crippen LogP contribution in [0.1, 0.15) is 42.5 Å². The van der Waals surface area contributed by atoms with E-state index in [0.717, 1.165) is 37.4 Å².